The normalized spacial score (nSPS) is 20.4. The van der Waals surface area contributed by atoms with E-state index in [0.717, 1.165) is 71.9 Å². The molecule has 1 aromatic carbocycles. The summed E-state index contributed by atoms with van der Waals surface area (Å²) >= 11 is 2.16. The number of likely N-dealkylation sites (tertiary alicyclic amines) is 1. The molecule has 4 rings (SSSR count). The van der Waals surface area contributed by atoms with E-state index in [1.807, 2.05) is 31.3 Å². The third-order valence-corrected chi connectivity index (χ3v) is 9.27. The first-order valence-electron chi connectivity index (χ1n) is 12.6. The Kier molecular flexibility index (Phi) is 8.55. The lowest BCUT2D eigenvalue weighted by Crippen LogP contribution is -2.43. The number of hydrogen-bond donors (Lipinski definition) is 2. The number of aliphatic hydroxyl groups excluding tert-OH is 2. The van der Waals surface area contributed by atoms with Gasteiger partial charge in [0.05, 0.1) is 18.7 Å². The standard InChI is InChI=1S/C27H40N2O3S/c1-20-18-28-24-8-7-21(32-2)17-23(24)26(20)25(31)9-10-27(19-30)11-13-29(14-12-27)15-16-33-22-5-3-4-6-22/h7-8,17-18,22,25,30-31H,3-6,9-16,19H2,1-2H3/t25-/m1/s1. The van der Waals surface area contributed by atoms with Crippen molar-refractivity contribution in [3.05, 3.63) is 35.5 Å². The average Bonchev–Trinajstić information content (AvgIpc) is 3.36. The van der Waals surface area contributed by atoms with Gasteiger partial charge in [-0.3, -0.25) is 4.98 Å². The van der Waals surface area contributed by atoms with Crippen LogP contribution >= 0.6 is 11.8 Å². The van der Waals surface area contributed by atoms with Crippen molar-refractivity contribution in [2.45, 2.75) is 69.6 Å². The first-order chi connectivity index (χ1) is 16.0. The van der Waals surface area contributed by atoms with Gasteiger partial charge in [0.25, 0.3) is 0 Å². The molecule has 2 fully saturated rings. The molecule has 0 radical (unpaired) electrons. The molecular weight excluding hydrogens is 432 g/mol. The number of methoxy groups -OCH3 is 1. The Morgan fingerprint density at radius 2 is 2.00 bits per heavy atom. The van der Waals surface area contributed by atoms with Crippen LogP contribution in [-0.2, 0) is 0 Å². The van der Waals surface area contributed by atoms with Crippen molar-refractivity contribution in [2.75, 3.05) is 39.1 Å². The van der Waals surface area contributed by atoms with E-state index in [0.29, 0.717) is 6.42 Å². The molecule has 33 heavy (non-hydrogen) atoms. The van der Waals surface area contributed by atoms with Gasteiger partial charge in [-0.25, -0.2) is 0 Å². The molecule has 0 amide bonds. The smallest absolute Gasteiger partial charge is 0.119 e. The van der Waals surface area contributed by atoms with Crippen LogP contribution in [0.15, 0.2) is 24.4 Å². The molecule has 1 atom stereocenters. The summed E-state index contributed by atoms with van der Waals surface area (Å²) in [4.78, 5) is 7.09. The van der Waals surface area contributed by atoms with E-state index in [1.54, 1.807) is 7.11 Å². The molecule has 6 heteroatoms. The number of aliphatic hydroxyl groups is 2. The highest BCUT2D eigenvalue weighted by atomic mass is 32.2. The molecule has 1 saturated heterocycles. The summed E-state index contributed by atoms with van der Waals surface area (Å²) in [6.45, 7) is 5.48. The van der Waals surface area contributed by atoms with Crippen molar-refractivity contribution < 1.29 is 14.9 Å². The molecule has 2 aromatic rings. The number of aryl methyl sites for hydroxylation is 1. The summed E-state index contributed by atoms with van der Waals surface area (Å²) in [6.07, 6.45) is 10.4. The second-order valence-electron chi connectivity index (χ2n) is 10.1. The number of fused-ring (bicyclic) bond motifs is 1. The Bertz CT molecular complexity index is 908. The molecule has 1 saturated carbocycles. The van der Waals surface area contributed by atoms with Crippen molar-refractivity contribution in [1.29, 1.82) is 0 Å². The lowest BCUT2D eigenvalue weighted by molar-refractivity contribution is 0.0254. The zero-order valence-electron chi connectivity index (χ0n) is 20.3. The molecule has 1 aliphatic carbocycles. The van der Waals surface area contributed by atoms with E-state index in [2.05, 4.69) is 21.6 Å². The number of nitrogens with zero attached hydrogens (tertiary/aromatic N) is 2. The number of hydrogen-bond acceptors (Lipinski definition) is 6. The van der Waals surface area contributed by atoms with E-state index in [4.69, 9.17) is 4.74 Å². The van der Waals surface area contributed by atoms with E-state index < -0.39 is 6.10 Å². The van der Waals surface area contributed by atoms with Crippen LogP contribution in [0.1, 0.15) is 68.6 Å². The molecule has 2 aliphatic rings. The van der Waals surface area contributed by atoms with Crippen molar-refractivity contribution in [2.24, 2.45) is 5.41 Å². The van der Waals surface area contributed by atoms with Crippen LogP contribution in [0.3, 0.4) is 0 Å². The Morgan fingerprint density at radius 3 is 2.70 bits per heavy atom. The summed E-state index contributed by atoms with van der Waals surface area (Å²) in [5.74, 6) is 2.00. The van der Waals surface area contributed by atoms with E-state index in [-0.39, 0.29) is 12.0 Å². The molecule has 0 unspecified atom stereocenters. The molecule has 5 nitrogen and oxygen atoms in total. The van der Waals surface area contributed by atoms with Crippen molar-refractivity contribution in [3.63, 3.8) is 0 Å². The maximum absolute atomic E-state index is 11.2. The quantitative estimate of drug-likeness (QED) is 0.501. The number of ether oxygens (including phenoxy) is 1. The van der Waals surface area contributed by atoms with Gasteiger partial charge in [-0.15, -0.1) is 0 Å². The van der Waals surface area contributed by atoms with Crippen LogP contribution in [-0.4, -0.2) is 64.5 Å². The van der Waals surface area contributed by atoms with Crippen LogP contribution in [0.25, 0.3) is 10.9 Å². The maximum atomic E-state index is 11.2. The predicted molar refractivity (Wildman–Crippen MR) is 137 cm³/mol. The number of pyridine rings is 1. The first-order valence-corrected chi connectivity index (χ1v) is 13.6. The van der Waals surface area contributed by atoms with Gasteiger partial charge in [-0.1, -0.05) is 12.8 Å². The summed E-state index contributed by atoms with van der Waals surface area (Å²) < 4.78 is 5.40. The minimum Gasteiger partial charge on any atom is -0.497 e. The second-order valence-corrected chi connectivity index (χ2v) is 11.5. The van der Waals surface area contributed by atoms with Crippen molar-refractivity contribution in [1.82, 2.24) is 9.88 Å². The highest BCUT2D eigenvalue weighted by Gasteiger charge is 2.34. The highest BCUT2D eigenvalue weighted by Crippen LogP contribution is 2.40. The molecular formula is C27H40N2O3S. The molecule has 0 spiro atoms. The van der Waals surface area contributed by atoms with Crippen LogP contribution in [0, 0.1) is 12.3 Å². The van der Waals surface area contributed by atoms with Gasteiger partial charge < -0.3 is 19.8 Å². The van der Waals surface area contributed by atoms with Crippen LogP contribution in [0.4, 0.5) is 0 Å². The Hall–Kier alpha value is -1.34. The second kappa shape index (κ2) is 11.4. The fraction of sp³-hybridized carbons (Fsp3) is 0.667. The summed E-state index contributed by atoms with van der Waals surface area (Å²) in [5, 5.41) is 23.3. The zero-order valence-corrected chi connectivity index (χ0v) is 21.1. The Balaban J connectivity index is 1.33. The number of aromatic nitrogens is 1. The van der Waals surface area contributed by atoms with Gasteiger partial charge in [0.1, 0.15) is 5.75 Å². The third kappa shape index (κ3) is 6.02. The van der Waals surface area contributed by atoms with E-state index >= 15 is 0 Å². The minimum absolute atomic E-state index is 0.0789. The van der Waals surface area contributed by atoms with Crippen LogP contribution < -0.4 is 4.74 Å². The largest absolute Gasteiger partial charge is 0.497 e. The van der Waals surface area contributed by atoms with Gasteiger partial charge in [-0.2, -0.15) is 11.8 Å². The van der Waals surface area contributed by atoms with E-state index in [1.165, 1.54) is 31.4 Å². The number of rotatable bonds is 10. The third-order valence-electron chi connectivity index (χ3n) is 7.91. The van der Waals surface area contributed by atoms with Crippen molar-refractivity contribution >= 4 is 22.7 Å². The Labute approximate surface area is 202 Å². The minimum atomic E-state index is -0.577. The fourth-order valence-corrected chi connectivity index (χ4v) is 6.95. The number of piperidine rings is 1. The lowest BCUT2D eigenvalue weighted by Gasteiger charge is -2.41. The highest BCUT2D eigenvalue weighted by molar-refractivity contribution is 7.99. The van der Waals surface area contributed by atoms with Gasteiger partial charge >= 0.3 is 0 Å². The van der Waals surface area contributed by atoms with Gasteiger partial charge in [0, 0.05) is 35.7 Å². The van der Waals surface area contributed by atoms with Gasteiger partial charge in [0.2, 0.25) is 0 Å². The first kappa shape index (κ1) is 24.8. The van der Waals surface area contributed by atoms with Crippen molar-refractivity contribution in [3.8, 4) is 5.75 Å². The van der Waals surface area contributed by atoms with E-state index in [9.17, 15) is 10.2 Å². The van der Waals surface area contributed by atoms with Crippen LogP contribution in [0.2, 0.25) is 0 Å². The molecule has 0 bridgehead atoms. The van der Waals surface area contributed by atoms with Gasteiger partial charge in [-0.05, 0) is 93.3 Å². The fourth-order valence-electron chi connectivity index (χ4n) is 5.59. The summed E-state index contributed by atoms with van der Waals surface area (Å²) in [6, 6.07) is 5.82. The molecule has 2 heterocycles. The topological polar surface area (TPSA) is 65.8 Å². The molecule has 1 aromatic heterocycles. The zero-order chi connectivity index (χ0) is 23.3. The van der Waals surface area contributed by atoms with Gasteiger partial charge in [0.15, 0.2) is 0 Å². The Morgan fingerprint density at radius 1 is 1.24 bits per heavy atom. The summed E-state index contributed by atoms with van der Waals surface area (Å²) in [7, 11) is 1.66. The molecule has 182 valence electrons. The summed E-state index contributed by atoms with van der Waals surface area (Å²) in [5.41, 5.74) is 2.73. The molecule has 2 N–H and O–H groups in total. The predicted octanol–water partition coefficient (Wildman–Crippen LogP) is 5.12. The van der Waals surface area contributed by atoms with Crippen LogP contribution in [0.5, 0.6) is 5.75 Å². The SMILES string of the molecule is COc1ccc2ncc(C)c([C@H](O)CCC3(CO)CCN(CCSC4CCCC4)CC3)c2c1. The number of thioether (sulfide) groups is 1. The number of benzene rings is 1. The maximum Gasteiger partial charge on any atom is 0.119 e. The average molecular weight is 473 g/mol. The monoisotopic (exact) mass is 472 g/mol. The molecule has 1 aliphatic heterocycles. The lowest BCUT2D eigenvalue weighted by atomic mass is 9.74.